The first-order valence-corrected chi connectivity index (χ1v) is 10.8. The highest BCUT2D eigenvalue weighted by molar-refractivity contribution is 7.27. The molecule has 0 heterocycles. The second-order valence-corrected chi connectivity index (χ2v) is 9.03. The van der Waals surface area contributed by atoms with Gasteiger partial charge in [0, 0.05) is 0 Å². The molecule has 3 rings (SSSR count). The minimum absolute atomic E-state index is 0. The Morgan fingerprint density at radius 1 is 0.379 bits per heavy atom. The molecule has 0 bridgehead atoms. The number of benzene rings is 3. The Hall–Kier alpha value is -0.470. The van der Waals surface area contributed by atoms with Crippen LogP contribution in [0.5, 0.6) is 0 Å². The molecule has 0 aliphatic rings. The first kappa shape index (κ1) is 30.7. The predicted octanol–water partition coefficient (Wildman–Crippen LogP) is 6.26. The van der Waals surface area contributed by atoms with Crippen LogP contribution in [0.25, 0.3) is 0 Å². The van der Waals surface area contributed by atoms with Gasteiger partial charge in [-0.25, -0.2) is 0 Å². The smallest absolute Gasteiger partial charge is 0.0300 e. The molecule has 0 fully saturated rings. The second kappa shape index (κ2) is 15.3. The summed E-state index contributed by atoms with van der Waals surface area (Å²) in [5.74, 6) is 0. The van der Waals surface area contributed by atoms with E-state index in [2.05, 4.69) is 124 Å². The maximum atomic E-state index is 2.69. The van der Waals surface area contributed by atoms with E-state index in [1.165, 1.54) is 49.3 Å². The van der Waals surface area contributed by atoms with Gasteiger partial charge < -0.3 is 0 Å². The van der Waals surface area contributed by atoms with Gasteiger partial charge in [-0.05, 0) is 90.8 Å². The quantitative estimate of drug-likeness (QED) is 0.329. The predicted molar refractivity (Wildman–Crippen MR) is 150 cm³/mol. The normalized spacial score (nSPS) is 9.00. The van der Waals surface area contributed by atoms with Gasteiger partial charge >= 0.3 is 0 Å². The van der Waals surface area contributed by atoms with Crippen LogP contribution in [0.4, 0.5) is 0 Å². The molecule has 0 nitrogen and oxygen atoms in total. The molecule has 0 saturated carbocycles. The lowest BCUT2D eigenvalue weighted by Crippen LogP contribution is -1.91. The van der Waals surface area contributed by atoms with Crippen LogP contribution in [0, 0.1) is 41.5 Å². The molecule has 3 atom stereocenters. The Morgan fingerprint density at radius 2 is 0.586 bits per heavy atom. The molecule has 29 heavy (non-hydrogen) atoms. The van der Waals surface area contributed by atoms with Crippen LogP contribution in [-0.2, 0) is 0 Å². The summed E-state index contributed by atoms with van der Waals surface area (Å²) in [7, 11) is 8.06. The standard InChI is InChI=1S/3C8H11P.2ClH/c3*1-6-3-4-8(9)5-7(6)2;;/h3*3-5H,9H2,1-2H3;2*1H. The van der Waals surface area contributed by atoms with E-state index in [-0.39, 0.29) is 24.8 Å². The molecule has 3 aromatic carbocycles. The van der Waals surface area contributed by atoms with Gasteiger partial charge in [-0.15, -0.1) is 52.5 Å². The molecule has 3 aromatic rings. The Kier molecular flexibility index (Phi) is 16.3. The van der Waals surface area contributed by atoms with E-state index in [0.29, 0.717) is 0 Å². The van der Waals surface area contributed by atoms with Gasteiger partial charge in [0.15, 0.2) is 0 Å². The zero-order valence-electron chi connectivity index (χ0n) is 18.2. The molecule has 160 valence electrons. The Bertz CT molecular complexity index is 776. The molecule has 0 amide bonds. The second-order valence-electron chi connectivity index (χ2n) is 7.03. The summed E-state index contributed by atoms with van der Waals surface area (Å²) in [4.78, 5) is 0. The molecule has 0 saturated heterocycles. The number of hydrogen-bond acceptors (Lipinski definition) is 0. The topological polar surface area (TPSA) is 0 Å². The van der Waals surface area contributed by atoms with Gasteiger partial charge in [-0.3, -0.25) is 0 Å². The van der Waals surface area contributed by atoms with Crippen LogP contribution in [-0.4, -0.2) is 0 Å². The van der Waals surface area contributed by atoms with Crippen LogP contribution in [0.3, 0.4) is 0 Å². The average molecular weight is 487 g/mol. The van der Waals surface area contributed by atoms with Gasteiger partial charge in [0.25, 0.3) is 0 Å². The van der Waals surface area contributed by atoms with E-state index in [4.69, 9.17) is 0 Å². The molecule has 0 N–H and O–H groups in total. The van der Waals surface area contributed by atoms with Crippen molar-refractivity contribution >= 4 is 68.4 Å². The highest BCUT2D eigenvalue weighted by atomic mass is 35.5. The lowest BCUT2D eigenvalue weighted by atomic mass is 10.1. The monoisotopic (exact) mass is 486 g/mol. The summed E-state index contributed by atoms with van der Waals surface area (Å²) in [5, 5.41) is 3.79. The molecule has 5 heteroatoms. The highest BCUT2D eigenvalue weighted by Gasteiger charge is 1.90. The van der Waals surface area contributed by atoms with Crippen LogP contribution in [0.2, 0.25) is 0 Å². The van der Waals surface area contributed by atoms with Crippen LogP contribution >= 0.6 is 52.5 Å². The molecule has 3 unspecified atom stereocenters. The van der Waals surface area contributed by atoms with Crippen molar-refractivity contribution < 1.29 is 0 Å². The van der Waals surface area contributed by atoms with Crippen molar-refractivity contribution in [1.82, 2.24) is 0 Å². The minimum Gasteiger partial charge on any atom is -0.147 e. The summed E-state index contributed by atoms with van der Waals surface area (Å²) < 4.78 is 0. The van der Waals surface area contributed by atoms with E-state index < -0.39 is 0 Å². The van der Waals surface area contributed by atoms with Crippen molar-refractivity contribution in [2.45, 2.75) is 41.5 Å². The minimum atomic E-state index is 0. The van der Waals surface area contributed by atoms with Crippen molar-refractivity contribution in [1.29, 1.82) is 0 Å². The molecule has 0 aromatic heterocycles. The van der Waals surface area contributed by atoms with E-state index in [1.54, 1.807) is 0 Å². The van der Waals surface area contributed by atoms with Gasteiger partial charge in [-0.2, -0.15) is 0 Å². The number of aryl methyl sites for hydroxylation is 6. The fraction of sp³-hybridized carbons (Fsp3) is 0.250. The maximum absolute atomic E-state index is 2.69. The number of halogens is 2. The number of rotatable bonds is 0. The lowest BCUT2D eigenvalue weighted by molar-refractivity contribution is 1.35. The summed E-state index contributed by atoms with van der Waals surface area (Å²) in [5.41, 5.74) is 8.18. The molecular formula is C24H35Cl2P3. The van der Waals surface area contributed by atoms with Crippen molar-refractivity contribution in [3.63, 3.8) is 0 Å². The molecule has 0 radical (unpaired) electrons. The first-order chi connectivity index (χ1) is 12.6. The molecule has 0 aliphatic carbocycles. The van der Waals surface area contributed by atoms with Crippen molar-refractivity contribution in [3.8, 4) is 0 Å². The number of hydrogen-bond donors (Lipinski definition) is 0. The SMILES string of the molecule is Cc1ccc(P)cc1C.Cc1ccc(P)cc1C.Cc1ccc(P)cc1C.Cl.Cl. The highest BCUT2D eigenvalue weighted by Crippen LogP contribution is 2.05. The summed E-state index contributed by atoms with van der Waals surface area (Å²) in [6.45, 7) is 12.8. The van der Waals surface area contributed by atoms with E-state index in [9.17, 15) is 0 Å². The molecule has 0 aliphatic heterocycles. The Balaban J connectivity index is 0. The molecular weight excluding hydrogens is 452 g/mol. The van der Waals surface area contributed by atoms with Gasteiger partial charge in [0.05, 0.1) is 0 Å². The van der Waals surface area contributed by atoms with Crippen LogP contribution < -0.4 is 15.9 Å². The van der Waals surface area contributed by atoms with E-state index >= 15 is 0 Å². The van der Waals surface area contributed by atoms with Gasteiger partial charge in [0.1, 0.15) is 0 Å². The maximum Gasteiger partial charge on any atom is -0.0300 e. The molecule has 0 spiro atoms. The summed E-state index contributed by atoms with van der Waals surface area (Å²) in [6.07, 6.45) is 0. The fourth-order valence-corrected chi connectivity index (χ4v) is 3.33. The van der Waals surface area contributed by atoms with Crippen LogP contribution in [0.15, 0.2) is 54.6 Å². The van der Waals surface area contributed by atoms with Gasteiger partial charge in [0.2, 0.25) is 0 Å². The van der Waals surface area contributed by atoms with Crippen LogP contribution in [0.1, 0.15) is 33.4 Å². The lowest BCUT2D eigenvalue weighted by Gasteiger charge is -1.98. The summed E-state index contributed by atoms with van der Waals surface area (Å²) in [6, 6.07) is 19.2. The Labute approximate surface area is 197 Å². The average Bonchev–Trinajstić information content (AvgIpc) is 2.60. The zero-order valence-corrected chi connectivity index (χ0v) is 23.3. The third-order valence-corrected chi connectivity index (χ3v) is 5.67. The van der Waals surface area contributed by atoms with E-state index in [0.717, 1.165) is 0 Å². The Morgan fingerprint density at radius 3 is 0.724 bits per heavy atom. The largest absolute Gasteiger partial charge is 0.147 e. The van der Waals surface area contributed by atoms with Crippen molar-refractivity contribution in [2.75, 3.05) is 0 Å². The fourth-order valence-electron chi connectivity index (χ4n) is 2.29. The van der Waals surface area contributed by atoms with Gasteiger partial charge in [-0.1, -0.05) is 54.6 Å². The van der Waals surface area contributed by atoms with Crippen molar-refractivity contribution in [3.05, 3.63) is 88.0 Å². The first-order valence-electron chi connectivity index (χ1n) is 9.08. The van der Waals surface area contributed by atoms with E-state index in [1.807, 2.05) is 0 Å². The van der Waals surface area contributed by atoms with Crippen molar-refractivity contribution in [2.24, 2.45) is 0 Å². The zero-order chi connectivity index (χ0) is 20.6. The summed E-state index contributed by atoms with van der Waals surface area (Å²) >= 11 is 0. The third kappa shape index (κ3) is 12.1. The third-order valence-electron chi connectivity index (χ3n) is 4.59.